The van der Waals surface area contributed by atoms with Gasteiger partial charge in [-0.1, -0.05) is 98.7 Å². The number of aromatic nitrogens is 12. The lowest BCUT2D eigenvalue weighted by Crippen LogP contribution is -2.44. The maximum atomic E-state index is 12.6. The van der Waals surface area contributed by atoms with Crippen molar-refractivity contribution in [1.29, 1.82) is 0 Å². The van der Waals surface area contributed by atoms with Gasteiger partial charge < -0.3 is 18.9 Å². The number of hydrogen-bond acceptors (Lipinski definition) is 15. The molecule has 0 amide bonds. The molecular weight excluding hydrogens is 801 g/mol. The molecule has 0 saturated heterocycles. The quantitative estimate of drug-likeness (QED) is 0.0691. The van der Waals surface area contributed by atoms with Gasteiger partial charge in [-0.15, -0.1) is 24.7 Å². The molecule has 4 heterocycles. The molecule has 4 aromatic heterocycles. The summed E-state index contributed by atoms with van der Waals surface area (Å²) in [5.41, 5.74) is -1.38. The van der Waals surface area contributed by atoms with Crippen LogP contribution in [0.15, 0.2) is 31.0 Å². The highest BCUT2D eigenvalue weighted by Crippen LogP contribution is 2.24. The summed E-state index contributed by atoms with van der Waals surface area (Å²) in [6.07, 6.45) is 8.59. The van der Waals surface area contributed by atoms with E-state index in [1.54, 1.807) is 40.3 Å². The summed E-state index contributed by atoms with van der Waals surface area (Å²) in [5.74, 6) is 0.123. The largest absolute Gasteiger partial charge is 0.376 e. The first kappa shape index (κ1) is 49.7. The highest BCUT2D eigenvalue weighted by atomic mass is 16.5. The molecule has 0 fully saturated rings. The van der Waals surface area contributed by atoms with E-state index in [1.165, 1.54) is 14.0 Å². The highest BCUT2D eigenvalue weighted by Gasteiger charge is 2.34. The Morgan fingerprint density at radius 1 is 0.516 bits per heavy atom. The topological polar surface area (TPSA) is 219 Å². The van der Waals surface area contributed by atoms with Crippen LogP contribution in [0.1, 0.15) is 100 Å². The number of nitrogens with zero attached hydrogens (tertiary/aromatic N) is 12. The Hall–Kier alpha value is -4.92. The van der Waals surface area contributed by atoms with E-state index in [0.717, 1.165) is 0 Å². The molecule has 0 saturated carbocycles. The van der Waals surface area contributed by atoms with Crippen LogP contribution >= 0.6 is 0 Å². The molecule has 0 aromatic carbocycles. The van der Waals surface area contributed by atoms with Crippen molar-refractivity contribution in [3.63, 3.8) is 0 Å². The monoisotopic (exact) mass is 868 g/mol. The Labute approximate surface area is 364 Å². The number of ketones is 4. The Balaban J connectivity index is 1.51. The highest BCUT2D eigenvalue weighted by molar-refractivity contribution is 5.84. The van der Waals surface area contributed by atoms with Crippen LogP contribution < -0.4 is 4.68 Å². The van der Waals surface area contributed by atoms with Crippen LogP contribution in [-0.2, 0) is 90.7 Å². The van der Waals surface area contributed by atoms with Crippen LogP contribution in [0, 0.1) is 27.1 Å². The fourth-order valence-corrected chi connectivity index (χ4v) is 5.36. The van der Waals surface area contributed by atoms with E-state index in [9.17, 15) is 19.2 Å². The molecule has 0 atom stereocenters. The standard InChI is InChI=1S/C42H67N12O8/c1-38(2,3)34(55)20-51-14-13-50(49-51)15-16-59-27-42(28-60-24-31-17-52(46-43-31)21-35(56)39(4,5)6,29-61-25-32-18-53(47-44-32)22-36(57)40(7,8)9)30-62-26-33-19-54(48-45-33)23-37(58)41(10,11)12/h13-14,17-19H,15-16,20-30H2,1-12H3/q+1. The number of Topliss-reactive ketones (excluding diaryl/α,β-unsaturated/α-hetero) is 4. The average Bonchev–Trinajstić information content (AvgIpc) is 3.98. The first-order valence-electron chi connectivity index (χ1n) is 20.9. The zero-order valence-corrected chi connectivity index (χ0v) is 38.7. The maximum Gasteiger partial charge on any atom is 0.181 e. The van der Waals surface area contributed by atoms with E-state index < -0.39 is 27.1 Å². The molecule has 62 heavy (non-hydrogen) atoms. The molecule has 0 bridgehead atoms. The van der Waals surface area contributed by atoms with E-state index in [1.807, 2.05) is 83.1 Å². The Kier molecular flexibility index (Phi) is 16.8. The van der Waals surface area contributed by atoms with E-state index in [2.05, 4.69) is 36.1 Å². The van der Waals surface area contributed by atoms with Crippen LogP contribution in [0.25, 0.3) is 0 Å². The lowest BCUT2D eigenvalue weighted by atomic mass is 9.91. The molecule has 0 spiro atoms. The normalized spacial score (nSPS) is 12.9. The SMILES string of the molecule is CC(C)(C)C(=O)Cn1cc(COCC(COCCn2cc[n+](CC(=O)C(C)(C)C)n2)(COCc2cn(CC(=O)C(C)(C)C)nn2)COCc2cn(CC(=O)C(C)(C)C)nn2)nn1. The summed E-state index contributed by atoms with van der Waals surface area (Å²) >= 11 is 0. The van der Waals surface area contributed by atoms with Crippen LogP contribution in [0.2, 0.25) is 0 Å². The second kappa shape index (κ2) is 21.0. The maximum absolute atomic E-state index is 12.6. The van der Waals surface area contributed by atoms with Gasteiger partial charge in [-0.3, -0.25) is 19.2 Å². The molecule has 0 N–H and O–H groups in total. The number of hydrogen-bond donors (Lipinski definition) is 0. The van der Waals surface area contributed by atoms with Crippen molar-refractivity contribution >= 4 is 23.1 Å². The van der Waals surface area contributed by atoms with E-state index >= 15 is 0 Å². The summed E-state index contributed by atoms with van der Waals surface area (Å²) in [7, 11) is 0. The van der Waals surface area contributed by atoms with Gasteiger partial charge in [0, 0.05) is 21.7 Å². The first-order chi connectivity index (χ1) is 28.8. The third-order valence-electron chi connectivity index (χ3n) is 9.81. The summed E-state index contributed by atoms with van der Waals surface area (Å²) in [4.78, 5) is 50.5. The molecule has 0 aliphatic heterocycles. The van der Waals surface area contributed by atoms with Crippen molar-refractivity contribution < 1.29 is 42.8 Å². The molecule has 0 radical (unpaired) electrons. The van der Waals surface area contributed by atoms with Crippen molar-refractivity contribution in [2.24, 2.45) is 27.1 Å². The molecule has 4 aromatic rings. The van der Waals surface area contributed by atoms with E-state index in [4.69, 9.17) is 18.9 Å². The third kappa shape index (κ3) is 16.1. The van der Waals surface area contributed by atoms with Gasteiger partial charge in [0.1, 0.15) is 43.3 Å². The minimum Gasteiger partial charge on any atom is -0.376 e. The lowest BCUT2D eigenvalue weighted by molar-refractivity contribution is -0.744. The van der Waals surface area contributed by atoms with Crippen LogP contribution in [0.4, 0.5) is 0 Å². The predicted molar refractivity (Wildman–Crippen MR) is 223 cm³/mol. The number of ether oxygens (including phenoxy) is 4. The molecular formula is C42H67N12O8+. The molecule has 20 nitrogen and oxygen atoms in total. The van der Waals surface area contributed by atoms with Gasteiger partial charge in [-0.25, -0.2) is 14.0 Å². The average molecular weight is 868 g/mol. The third-order valence-corrected chi connectivity index (χ3v) is 9.81. The van der Waals surface area contributed by atoms with Crippen LogP contribution in [0.5, 0.6) is 0 Å². The van der Waals surface area contributed by atoms with Gasteiger partial charge >= 0.3 is 0 Å². The van der Waals surface area contributed by atoms with E-state index in [-0.39, 0.29) is 102 Å². The van der Waals surface area contributed by atoms with Crippen molar-refractivity contribution in [1.82, 2.24) is 54.9 Å². The first-order valence-corrected chi connectivity index (χ1v) is 20.9. The van der Waals surface area contributed by atoms with E-state index in [0.29, 0.717) is 23.6 Å². The zero-order chi connectivity index (χ0) is 45.9. The molecule has 342 valence electrons. The summed E-state index contributed by atoms with van der Waals surface area (Å²) in [6.45, 7) is 24.1. The Bertz CT molecular complexity index is 1910. The zero-order valence-electron chi connectivity index (χ0n) is 38.7. The van der Waals surface area contributed by atoms with Gasteiger partial charge in [0.2, 0.25) is 0 Å². The Morgan fingerprint density at radius 2 is 0.871 bits per heavy atom. The van der Waals surface area contributed by atoms with Gasteiger partial charge in [-0.2, -0.15) is 0 Å². The summed E-state index contributed by atoms with van der Waals surface area (Å²) in [5, 5.41) is 29.5. The van der Waals surface area contributed by atoms with Crippen molar-refractivity contribution in [3.8, 4) is 0 Å². The van der Waals surface area contributed by atoms with Crippen molar-refractivity contribution in [2.45, 2.75) is 136 Å². The Morgan fingerprint density at radius 3 is 1.23 bits per heavy atom. The van der Waals surface area contributed by atoms with Gasteiger partial charge in [-0.05, 0) is 0 Å². The molecule has 20 heteroatoms. The number of carbonyl (C=O) groups excluding carboxylic acids is 4. The minimum atomic E-state index is -0.905. The van der Waals surface area contributed by atoms with Gasteiger partial charge in [0.25, 0.3) is 0 Å². The second-order valence-electron chi connectivity index (χ2n) is 20.1. The second-order valence-corrected chi connectivity index (χ2v) is 20.1. The fraction of sp³-hybridized carbons (Fsp3) is 0.714. The summed E-state index contributed by atoms with van der Waals surface area (Å²) < 4.78 is 33.0. The molecule has 0 aliphatic carbocycles. The molecule has 4 rings (SSSR count). The fourth-order valence-electron chi connectivity index (χ4n) is 5.36. The predicted octanol–water partition coefficient (Wildman–Crippen LogP) is 3.06. The number of carbonyl (C=O) groups is 4. The van der Waals surface area contributed by atoms with Crippen LogP contribution in [-0.4, -0.2) is 111 Å². The van der Waals surface area contributed by atoms with Gasteiger partial charge in [0.15, 0.2) is 42.1 Å². The van der Waals surface area contributed by atoms with Gasteiger partial charge in [0.05, 0.1) is 82.1 Å². The minimum absolute atomic E-state index is 0.0188. The van der Waals surface area contributed by atoms with Crippen molar-refractivity contribution in [3.05, 3.63) is 48.1 Å². The smallest absolute Gasteiger partial charge is 0.181 e. The van der Waals surface area contributed by atoms with Crippen molar-refractivity contribution in [2.75, 3.05) is 33.0 Å². The lowest BCUT2D eigenvalue weighted by Gasteiger charge is -2.32. The van der Waals surface area contributed by atoms with Crippen LogP contribution in [0.3, 0.4) is 0 Å². The summed E-state index contributed by atoms with van der Waals surface area (Å²) in [6, 6.07) is 0. The molecule has 0 aliphatic rings. The molecule has 0 unspecified atom stereocenters. The number of rotatable bonds is 25.